The topological polar surface area (TPSA) is 80.0 Å². The molecule has 0 bridgehead atoms. The number of aliphatic hydroxyl groups excluding tert-OH is 1. The SMILES string of the molecule is CCCCNc1ncc2c(-c3ccc(C=O)cc3)cn(C3CCC(O)CC3)c2n1. The van der Waals surface area contributed by atoms with E-state index < -0.39 is 0 Å². The molecule has 0 aliphatic heterocycles. The Hall–Kier alpha value is -2.73. The Morgan fingerprint density at radius 3 is 2.66 bits per heavy atom. The Morgan fingerprint density at radius 2 is 1.97 bits per heavy atom. The minimum Gasteiger partial charge on any atom is -0.393 e. The van der Waals surface area contributed by atoms with E-state index in [4.69, 9.17) is 4.98 Å². The van der Waals surface area contributed by atoms with Crippen LogP contribution in [0.25, 0.3) is 22.2 Å². The monoisotopic (exact) mass is 392 g/mol. The lowest BCUT2D eigenvalue weighted by Crippen LogP contribution is -2.21. The molecule has 0 atom stereocenters. The number of benzene rings is 1. The van der Waals surface area contributed by atoms with E-state index in [9.17, 15) is 9.90 Å². The van der Waals surface area contributed by atoms with Gasteiger partial charge < -0.3 is 15.0 Å². The van der Waals surface area contributed by atoms with E-state index in [-0.39, 0.29) is 6.10 Å². The molecule has 0 spiro atoms. The van der Waals surface area contributed by atoms with Crippen molar-refractivity contribution in [3.63, 3.8) is 0 Å². The van der Waals surface area contributed by atoms with E-state index in [0.29, 0.717) is 17.6 Å². The third-order valence-corrected chi connectivity index (χ3v) is 5.80. The maximum Gasteiger partial charge on any atom is 0.224 e. The number of aldehydes is 1. The minimum absolute atomic E-state index is 0.190. The quantitative estimate of drug-likeness (QED) is 0.454. The van der Waals surface area contributed by atoms with Crippen molar-refractivity contribution >= 4 is 23.3 Å². The average Bonchev–Trinajstić information content (AvgIpc) is 3.13. The summed E-state index contributed by atoms with van der Waals surface area (Å²) >= 11 is 0. The summed E-state index contributed by atoms with van der Waals surface area (Å²) in [6, 6.07) is 7.94. The highest BCUT2D eigenvalue weighted by Gasteiger charge is 2.24. The second kappa shape index (κ2) is 8.74. The molecule has 0 radical (unpaired) electrons. The summed E-state index contributed by atoms with van der Waals surface area (Å²) in [6.45, 7) is 3.02. The van der Waals surface area contributed by atoms with Crippen molar-refractivity contribution in [1.82, 2.24) is 14.5 Å². The Labute approximate surface area is 171 Å². The molecule has 6 heteroatoms. The molecule has 2 heterocycles. The molecular formula is C23H28N4O2. The molecule has 152 valence electrons. The van der Waals surface area contributed by atoms with Gasteiger partial charge in [0.05, 0.1) is 6.10 Å². The summed E-state index contributed by atoms with van der Waals surface area (Å²) in [4.78, 5) is 20.4. The summed E-state index contributed by atoms with van der Waals surface area (Å²) in [5.74, 6) is 0.656. The minimum atomic E-state index is -0.190. The molecule has 0 saturated heterocycles. The molecular weight excluding hydrogens is 364 g/mol. The lowest BCUT2D eigenvalue weighted by atomic mass is 9.93. The summed E-state index contributed by atoms with van der Waals surface area (Å²) in [5.41, 5.74) is 3.71. The Bertz CT molecular complexity index is 972. The first-order chi connectivity index (χ1) is 14.2. The van der Waals surface area contributed by atoms with Gasteiger partial charge in [-0.25, -0.2) is 4.98 Å². The molecule has 1 aliphatic carbocycles. The number of nitrogens with one attached hydrogen (secondary N) is 1. The van der Waals surface area contributed by atoms with E-state index in [1.165, 1.54) is 0 Å². The average molecular weight is 393 g/mol. The maximum absolute atomic E-state index is 11.0. The lowest BCUT2D eigenvalue weighted by molar-refractivity contribution is 0.111. The zero-order valence-electron chi connectivity index (χ0n) is 16.8. The van der Waals surface area contributed by atoms with Gasteiger partial charge in [-0.05, 0) is 37.7 Å². The molecule has 2 N–H and O–H groups in total. The smallest absolute Gasteiger partial charge is 0.224 e. The van der Waals surface area contributed by atoms with Crippen LogP contribution in [0, 0.1) is 0 Å². The van der Waals surface area contributed by atoms with Crippen LogP contribution in [0.4, 0.5) is 5.95 Å². The van der Waals surface area contributed by atoms with Crippen molar-refractivity contribution in [2.45, 2.75) is 57.6 Å². The zero-order valence-corrected chi connectivity index (χ0v) is 16.8. The van der Waals surface area contributed by atoms with Gasteiger partial charge in [0.1, 0.15) is 11.9 Å². The molecule has 4 rings (SSSR count). The van der Waals surface area contributed by atoms with Gasteiger partial charge in [0.15, 0.2) is 0 Å². The third-order valence-electron chi connectivity index (χ3n) is 5.80. The number of hydrogen-bond donors (Lipinski definition) is 2. The number of anilines is 1. The van der Waals surface area contributed by atoms with Crippen LogP contribution in [0.5, 0.6) is 0 Å². The van der Waals surface area contributed by atoms with Crippen molar-refractivity contribution in [3.05, 3.63) is 42.2 Å². The molecule has 1 saturated carbocycles. The molecule has 0 unspecified atom stereocenters. The fourth-order valence-electron chi connectivity index (χ4n) is 4.08. The molecule has 0 amide bonds. The highest BCUT2D eigenvalue weighted by atomic mass is 16.3. The maximum atomic E-state index is 11.0. The first-order valence-electron chi connectivity index (χ1n) is 10.5. The predicted molar refractivity (Wildman–Crippen MR) is 115 cm³/mol. The van der Waals surface area contributed by atoms with Crippen molar-refractivity contribution < 1.29 is 9.90 Å². The van der Waals surface area contributed by atoms with Gasteiger partial charge in [0.25, 0.3) is 0 Å². The Kier molecular flexibility index (Phi) is 5.90. The molecule has 29 heavy (non-hydrogen) atoms. The summed E-state index contributed by atoms with van der Waals surface area (Å²) in [5, 5.41) is 14.2. The first kappa shape index (κ1) is 19.6. The van der Waals surface area contributed by atoms with Gasteiger partial charge in [0, 0.05) is 41.5 Å². The van der Waals surface area contributed by atoms with Crippen LogP contribution in [-0.4, -0.2) is 38.6 Å². The first-order valence-corrected chi connectivity index (χ1v) is 10.5. The van der Waals surface area contributed by atoms with Crippen LogP contribution in [0.3, 0.4) is 0 Å². The highest BCUT2D eigenvalue weighted by Crippen LogP contribution is 2.36. The van der Waals surface area contributed by atoms with Crippen molar-refractivity contribution in [1.29, 1.82) is 0 Å². The second-order valence-electron chi connectivity index (χ2n) is 7.86. The van der Waals surface area contributed by atoms with Crippen molar-refractivity contribution in [3.8, 4) is 11.1 Å². The Morgan fingerprint density at radius 1 is 1.21 bits per heavy atom. The molecule has 1 aliphatic rings. The third kappa shape index (κ3) is 4.17. The summed E-state index contributed by atoms with van der Waals surface area (Å²) in [7, 11) is 0. The predicted octanol–water partition coefficient (Wildman–Crippen LogP) is 4.60. The van der Waals surface area contributed by atoms with E-state index in [0.717, 1.165) is 73.5 Å². The van der Waals surface area contributed by atoms with E-state index in [1.807, 2.05) is 30.5 Å². The van der Waals surface area contributed by atoms with E-state index in [2.05, 4.69) is 28.0 Å². The van der Waals surface area contributed by atoms with Gasteiger partial charge >= 0.3 is 0 Å². The molecule has 6 nitrogen and oxygen atoms in total. The van der Waals surface area contributed by atoms with E-state index >= 15 is 0 Å². The van der Waals surface area contributed by atoms with Crippen LogP contribution in [0.15, 0.2) is 36.7 Å². The summed E-state index contributed by atoms with van der Waals surface area (Å²) < 4.78 is 2.26. The largest absolute Gasteiger partial charge is 0.393 e. The van der Waals surface area contributed by atoms with E-state index in [1.54, 1.807) is 0 Å². The molecule has 1 fully saturated rings. The number of nitrogens with zero attached hydrogens (tertiary/aromatic N) is 3. The number of aliphatic hydroxyl groups is 1. The second-order valence-corrected chi connectivity index (χ2v) is 7.86. The normalized spacial score (nSPS) is 19.4. The van der Waals surface area contributed by atoms with Gasteiger partial charge in [-0.1, -0.05) is 37.6 Å². The zero-order chi connectivity index (χ0) is 20.2. The van der Waals surface area contributed by atoms with Gasteiger partial charge in [0.2, 0.25) is 5.95 Å². The van der Waals surface area contributed by atoms with Crippen LogP contribution in [-0.2, 0) is 0 Å². The van der Waals surface area contributed by atoms with Crippen LogP contribution in [0.1, 0.15) is 61.8 Å². The van der Waals surface area contributed by atoms with Crippen LogP contribution < -0.4 is 5.32 Å². The van der Waals surface area contributed by atoms with Crippen LogP contribution >= 0.6 is 0 Å². The van der Waals surface area contributed by atoms with Crippen molar-refractivity contribution in [2.75, 3.05) is 11.9 Å². The molecule has 3 aromatic rings. The van der Waals surface area contributed by atoms with Crippen molar-refractivity contribution in [2.24, 2.45) is 0 Å². The number of carbonyl (C=O) groups is 1. The van der Waals surface area contributed by atoms with Gasteiger partial charge in [-0.15, -0.1) is 0 Å². The van der Waals surface area contributed by atoms with Crippen LogP contribution in [0.2, 0.25) is 0 Å². The fraction of sp³-hybridized carbons (Fsp3) is 0.435. The number of unbranched alkanes of at least 4 members (excludes halogenated alkanes) is 1. The summed E-state index contributed by atoms with van der Waals surface area (Å²) in [6.07, 6.45) is 10.5. The lowest BCUT2D eigenvalue weighted by Gasteiger charge is -2.27. The number of hydrogen-bond acceptors (Lipinski definition) is 5. The number of carbonyl (C=O) groups excluding carboxylic acids is 1. The van der Waals surface area contributed by atoms with Gasteiger partial charge in [-0.3, -0.25) is 4.79 Å². The standard InChI is InChI=1S/C23H28N4O2/c1-2-3-12-24-23-25-13-20-21(17-6-4-16(15-28)5-7-17)14-27(22(20)26-23)18-8-10-19(29)11-9-18/h4-7,13-15,18-19,29H,2-3,8-12H2,1H3,(H,24,25,26). The Balaban J connectivity index is 1.75. The molecule has 2 aromatic heterocycles. The number of rotatable bonds is 7. The number of aromatic nitrogens is 3. The molecule has 1 aromatic carbocycles. The fourth-order valence-corrected chi connectivity index (χ4v) is 4.08. The highest BCUT2D eigenvalue weighted by molar-refractivity contribution is 5.94. The number of fused-ring (bicyclic) bond motifs is 1. The van der Waals surface area contributed by atoms with Gasteiger partial charge in [-0.2, -0.15) is 4.98 Å².